The molecule has 0 aromatic carbocycles. The molecule has 0 bridgehead atoms. The smallest absolute Gasteiger partial charge is 0.0331 e. The lowest BCUT2D eigenvalue weighted by atomic mass is 9.85. The summed E-state index contributed by atoms with van der Waals surface area (Å²) >= 11 is 0. The zero-order chi connectivity index (χ0) is 13.4. The van der Waals surface area contributed by atoms with Gasteiger partial charge in [0.15, 0.2) is 0 Å². The van der Waals surface area contributed by atoms with Crippen LogP contribution >= 0.6 is 0 Å². The van der Waals surface area contributed by atoms with Crippen molar-refractivity contribution >= 4 is 0 Å². The Labute approximate surface area is 113 Å². The van der Waals surface area contributed by atoms with E-state index in [1.54, 1.807) is 0 Å². The lowest BCUT2D eigenvalue weighted by Gasteiger charge is -2.45. The number of rotatable bonds is 2. The van der Waals surface area contributed by atoms with Crippen LogP contribution in [-0.4, -0.2) is 29.1 Å². The Morgan fingerprint density at radius 3 is 2.28 bits per heavy atom. The fraction of sp³-hybridized carbons (Fsp3) is 0.875. The Kier molecular flexibility index (Phi) is 3.77. The average molecular weight is 250 g/mol. The third-order valence-electron chi connectivity index (χ3n) is 4.39. The Morgan fingerprint density at radius 2 is 1.72 bits per heavy atom. The summed E-state index contributed by atoms with van der Waals surface area (Å²) in [6.07, 6.45) is 10.6. The van der Waals surface area contributed by atoms with Crippen molar-refractivity contribution < 1.29 is 0 Å². The quantitative estimate of drug-likeness (QED) is 0.804. The fourth-order valence-corrected chi connectivity index (χ4v) is 3.80. The second-order valence-corrected chi connectivity index (χ2v) is 7.45. The molecule has 1 aliphatic heterocycles. The average Bonchev–Trinajstić information content (AvgIpc) is 2.25. The molecule has 1 aliphatic carbocycles. The summed E-state index contributed by atoms with van der Waals surface area (Å²) in [6, 6.07) is 0.773. The predicted molar refractivity (Wildman–Crippen MR) is 78.6 cm³/mol. The second kappa shape index (κ2) is 4.88. The molecule has 104 valence electrons. The normalized spacial score (nSPS) is 27.7. The maximum Gasteiger partial charge on any atom is 0.0331 e. The standard InChI is InChI=1S/C16H30N2/c1-15(2)11-14(12-16(3,4)17-15)18(5)13-9-7-6-8-10-13/h11,13,17H,6-10,12H2,1-5H3. The summed E-state index contributed by atoms with van der Waals surface area (Å²) < 4.78 is 0. The van der Waals surface area contributed by atoms with Crippen LogP contribution in [0.1, 0.15) is 66.2 Å². The summed E-state index contributed by atoms with van der Waals surface area (Å²) in [5.41, 5.74) is 1.85. The molecule has 1 heterocycles. The minimum Gasteiger partial charge on any atom is -0.375 e. The maximum absolute atomic E-state index is 3.72. The summed E-state index contributed by atoms with van der Waals surface area (Å²) in [6.45, 7) is 9.19. The lowest BCUT2D eigenvalue weighted by Crippen LogP contribution is -2.55. The van der Waals surface area contributed by atoms with E-state index in [0.29, 0.717) is 0 Å². The van der Waals surface area contributed by atoms with E-state index in [-0.39, 0.29) is 11.1 Å². The van der Waals surface area contributed by atoms with Gasteiger partial charge in [-0.1, -0.05) is 19.3 Å². The molecule has 18 heavy (non-hydrogen) atoms. The number of hydrogen-bond acceptors (Lipinski definition) is 2. The van der Waals surface area contributed by atoms with Gasteiger partial charge in [0.1, 0.15) is 0 Å². The molecule has 0 unspecified atom stereocenters. The van der Waals surface area contributed by atoms with Gasteiger partial charge in [0.25, 0.3) is 0 Å². The molecule has 2 rings (SSSR count). The first-order chi connectivity index (χ1) is 8.29. The predicted octanol–water partition coefficient (Wildman–Crippen LogP) is 3.69. The molecule has 0 aromatic heterocycles. The van der Waals surface area contributed by atoms with Gasteiger partial charge in [-0.25, -0.2) is 0 Å². The number of hydrogen-bond donors (Lipinski definition) is 1. The minimum atomic E-state index is 0.111. The van der Waals surface area contributed by atoms with Crippen LogP contribution in [-0.2, 0) is 0 Å². The van der Waals surface area contributed by atoms with Gasteiger partial charge in [-0.15, -0.1) is 0 Å². The van der Waals surface area contributed by atoms with Gasteiger partial charge in [-0.2, -0.15) is 0 Å². The van der Waals surface area contributed by atoms with E-state index < -0.39 is 0 Å². The van der Waals surface area contributed by atoms with E-state index in [1.807, 2.05) is 0 Å². The van der Waals surface area contributed by atoms with Crippen LogP contribution in [0, 0.1) is 0 Å². The zero-order valence-corrected chi connectivity index (χ0v) is 12.8. The molecule has 0 aromatic rings. The Balaban J connectivity index is 2.13. The molecular weight excluding hydrogens is 220 g/mol. The van der Waals surface area contributed by atoms with Gasteiger partial charge < -0.3 is 10.2 Å². The molecule has 2 aliphatic rings. The van der Waals surface area contributed by atoms with Crippen molar-refractivity contribution in [1.82, 2.24) is 10.2 Å². The van der Waals surface area contributed by atoms with Crippen LogP contribution in [0.15, 0.2) is 11.8 Å². The van der Waals surface area contributed by atoms with Crippen LogP contribution < -0.4 is 5.32 Å². The van der Waals surface area contributed by atoms with E-state index >= 15 is 0 Å². The van der Waals surface area contributed by atoms with Crippen molar-refractivity contribution in [2.45, 2.75) is 83.3 Å². The largest absolute Gasteiger partial charge is 0.375 e. The first-order valence-corrected chi connectivity index (χ1v) is 7.53. The Hall–Kier alpha value is -0.500. The second-order valence-electron chi connectivity index (χ2n) is 7.45. The molecule has 0 spiro atoms. The molecule has 0 amide bonds. The van der Waals surface area contributed by atoms with E-state index in [2.05, 4.69) is 51.0 Å². The molecule has 1 saturated carbocycles. The van der Waals surface area contributed by atoms with Crippen molar-refractivity contribution in [2.24, 2.45) is 0 Å². The summed E-state index contributed by atoms with van der Waals surface area (Å²) in [5.74, 6) is 0. The van der Waals surface area contributed by atoms with Crippen molar-refractivity contribution in [3.8, 4) is 0 Å². The Morgan fingerprint density at radius 1 is 1.11 bits per heavy atom. The molecule has 2 nitrogen and oxygen atoms in total. The van der Waals surface area contributed by atoms with Crippen molar-refractivity contribution in [1.29, 1.82) is 0 Å². The summed E-state index contributed by atoms with van der Waals surface area (Å²) in [7, 11) is 2.30. The highest BCUT2D eigenvalue weighted by Crippen LogP contribution is 2.32. The van der Waals surface area contributed by atoms with Gasteiger partial charge in [0, 0.05) is 36.3 Å². The van der Waals surface area contributed by atoms with Crippen molar-refractivity contribution in [3.63, 3.8) is 0 Å². The van der Waals surface area contributed by atoms with Crippen molar-refractivity contribution in [2.75, 3.05) is 7.05 Å². The van der Waals surface area contributed by atoms with E-state index in [1.165, 1.54) is 37.8 Å². The van der Waals surface area contributed by atoms with Crippen LogP contribution in [0.3, 0.4) is 0 Å². The SMILES string of the molecule is CN(C1=CC(C)(C)NC(C)(C)C1)C1CCCCC1. The topological polar surface area (TPSA) is 15.3 Å². The summed E-state index contributed by atoms with van der Waals surface area (Å²) in [5, 5.41) is 3.72. The molecule has 1 fully saturated rings. The molecule has 1 N–H and O–H groups in total. The van der Waals surface area contributed by atoms with Gasteiger partial charge in [-0.05, 0) is 46.6 Å². The maximum atomic E-state index is 3.72. The molecule has 0 atom stereocenters. The van der Waals surface area contributed by atoms with Gasteiger partial charge in [-0.3, -0.25) is 0 Å². The number of nitrogens with one attached hydrogen (secondary N) is 1. The minimum absolute atomic E-state index is 0.111. The summed E-state index contributed by atoms with van der Waals surface area (Å²) in [4.78, 5) is 2.57. The van der Waals surface area contributed by atoms with E-state index in [9.17, 15) is 0 Å². The van der Waals surface area contributed by atoms with Gasteiger partial charge >= 0.3 is 0 Å². The fourth-order valence-electron chi connectivity index (χ4n) is 3.80. The first-order valence-electron chi connectivity index (χ1n) is 7.53. The third-order valence-corrected chi connectivity index (χ3v) is 4.39. The van der Waals surface area contributed by atoms with Crippen molar-refractivity contribution in [3.05, 3.63) is 11.8 Å². The van der Waals surface area contributed by atoms with Crippen LogP contribution in [0.25, 0.3) is 0 Å². The molecule has 0 radical (unpaired) electrons. The van der Waals surface area contributed by atoms with Gasteiger partial charge in [0.2, 0.25) is 0 Å². The molecule has 2 heteroatoms. The Bertz CT molecular complexity index is 322. The molecule has 0 saturated heterocycles. The van der Waals surface area contributed by atoms with Crippen LogP contribution in [0.5, 0.6) is 0 Å². The lowest BCUT2D eigenvalue weighted by molar-refractivity contribution is 0.190. The molecular formula is C16H30N2. The van der Waals surface area contributed by atoms with E-state index in [4.69, 9.17) is 0 Å². The highest BCUT2D eigenvalue weighted by atomic mass is 15.2. The van der Waals surface area contributed by atoms with E-state index in [0.717, 1.165) is 12.5 Å². The number of nitrogens with zero attached hydrogens (tertiary/aromatic N) is 1. The third kappa shape index (κ3) is 3.28. The van der Waals surface area contributed by atoms with Crippen LogP contribution in [0.2, 0.25) is 0 Å². The highest BCUT2D eigenvalue weighted by Gasteiger charge is 2.34. The van der Waals surface area contributed by atoms with Crippen LogP contribution in [0.4, 0.5) is 0 Å². The first kappa shape index (κ1) is 13.9. The zero-order valence-electron chi connectivity index (χ0n) is 12.8. The monoisotopic (exact) mass is 250 g/mol. The van der Waals surface area contributed by atoms with Gasteiger partial charge in [0.05, 0.1) is 0 Å². The highest BCUT2D eigenvalue weighted by molar-refractivity contribution is 5.20.